The van der Waals surface area contributed by atoms with E-state index in [-0.39, 0.29) is 34.0 Å². The molecule has 4 N–H and O–H groups in total. The van der Waals surface area contributed by atoms with Crippen LogP contribution in [0.25, 0.3) is 0 Å². The highest BCUT2D eigenvalue weighted by molar-refractivity contribution is 8.00. The number of nitrogens with zero attached hydrogens (tertiary/aromatic N) is 8. The molecule has 2 heterocycles. The molecule has 0 bridgehead atoms. The summed E-state index contributed by atoms with van der Waals surface area (Å²) in [5, 5.41) is 46.9. The van der Waals surface area contributed by atoms with Crippen molar-refractivity contribution in [1.82, 2.24) is 40.4 Å². The second-order valence-electron chi connectivity index (χ2n) is 9.05. The fourth-order valence-electron chi connectivity index (χ4n) is 4.04. The van der Waals surface area contributed by atoms with Crippen LogP contribution in [0.2, 0.25) is 0 Å². The van der Waals surface area contributed by atoms with Crippen molar-refractivity contribution in [3.05, 3.63) is 47.5 Å². The minimum absolute atomic E-state index is 0.224. The van der Waals surface area contributed by atoms with Crippen molar-refractivity contribution < 1.29 is 46.1 Å². The molecule has 240 valence electrons. The number of halogens is 6. The highest BCUT2D eigenvalue weighted by Crippen LogP contribution is 2.57. The van der Waals surface area contributed by atoms with E-state index in [2.05, 4.69) is 41.7 Å². The zero-order valence-electron chi connectivity index (χ0n) is 22.8. The molecule has 14 nitrogen and oxygen atoms in total. The Hall–Kier alpha value is -4.60. The molecule has 2 aromatic heterocycles. The number of alkyl halides is 6. The number of nitrogens with one attached hydrogen (secondary N) is 2. The number of carbonyl (C=O) groups excluding carboxylic acids is 2. The Morgan fingerprint density at radius 2 is 1.11 bits per heavy atom. The van der Waals surface area contributed by atoms with Crippen molar-refractivity contribution in [3.8, 4) is 11.5 Å². The average Bonchev–Trinajstić information content (AvgIpc) is 3.54. The van der Waals surface area contributed by atoms with Gasteiger partial charge in [-0.1, -0.05) is 35.7 Å². The minimum atomic E-state index is -6.05. The fraction of sp³-hybridized carbons (Fsp3) is 0.304. The molecule has 2 amide bonds. The Kier molecular flexibility index (Phi) is 9.46. The third-order valence-corrected chi connectivity index (χ3v) is 8.11. The first-order chi connectivity index (χ1) is 21.0. The van der Waals surface area contributed by atoms with Gasteiger partial charge in [0.05, 0.1) is 22.9 Å². The van der Waals surface area contributed by atoms with E-state index in [1.54, 1.807) is 0 Å². The van der Waals surface area contributed by atoms with Crippen LogP contribution >= 0.6 is 23.5 Å². The van der Waals surface area contributed by atoms with Gasteiger partial charge < -0.3 is 20.8 Å². The lowest BCUT2D eigenvalue weighted by Gasteiger charge is -2.38. The summed E-state index contributed by atoms with van der Waals surface area (Å²) in [6.07, 6.45) is -12.1. The van der Waals surface area contributed by atoms with Gasteiger partial charge in [-0.05, 0) is 56.2 Å². The van der Waals surface area contributed by atoms with Gasteiger partial charge in [0.25, 0.3) is 0 Å². The van der Waals surface area contributed by atoms with Gasteiger partial charge in [0.1, 0.15) is 11.5 Å². The maximum absolute atomic E-state index is 14.6. The quantitative estimate of drug-likeness (QED) is 0.109. The van der Waals surface area contributed by atoms with E-state index in [0.29, 0.717) is 24.3 Å². The van der Waals surface area contributed by atoms with Gasteiger partial charge in [-0.3, -0.25) is 9.59 Å². The second-order valence-corrected chi connectivity index (χ2v) is 10.9. The molecule has 4 aromatic rings. The molecule has 0 aliphatic carbocycles. The predicted molar refractivity (Wildman–Crippen MR) is 145 cm³/mol. The van der Waals surface area contributed by atoms with Crippen LogP contribution < -0.4 is 10.6 Å². The number of benzene rings is 2. The smallest absolute Gasteiger partial charge is 0.411 e. The maximum Gasteiger partial charge on any atom is 0.411 e. The summed E-state index contributed by atoms with van der Waals surface area (Å²) in [6, 6.07) is 2.70. The number of thioether (sulfide) groups is 2. The molecule has 22 heteroatoms. The summed E-state index contributed by atoms with van der Waals surface area (Å²) in [5.74, 6) is -4.32. The number of rotatable bonds is 10. The molecule has 0 radical (unpaired) electrons. The largest absolute Gasteiger partial charge is 0.506 e. The number of hydrogen-bond donors (Lipinski definition) is 4. The molecule has 0 aliphatic heterocycles. The Bertz CT molecular complexity index is 1590. The summed E-state index contributed by atoms with van der Waals surface area (Å²) < 4.78 is 90.1. The van der Waals surface area contributed by atoms with E-state index < -0.39 is 63.6 Å². The van der Waals surface area contributed by atoms with Crippen LogP contribution in [0.4, 0.5) is 37.7 Å². The lowest BCUT2D eigenvalue weighted by atomic mass is 9.72. The molecule has 0 saturated carbocycles. The van der Waals surface area contributed by atoms with Crippen molar-refractivity contribution in [3.63, 3.8) is 0 Å². The van der Waals surface area contributed by atoms with Crippen LogP contribution in [0.3, 0.4) is 0 Å². The minimum Gasteiger partial charge on any atom is -0.506 e. The van der Waals surface area contributed by atoms with Gasteiger partial charge in [-0.25, -0.2) is 9.36 Å². The molecule has 2 aromatic carbocycles. The summed E-state index contributed by atoms with van der Waals surface area (Å²) in [6.45, 7) is 0. The predicted octanol–water partition coefficient (Wildman–Crippen LogP) is 3.02. The maximum atomic E-state index is 14.6. The molecular weight excluding hydrogens is 658 g/mol. The van der Waals surface area contributed by atoms with E-state index >= 15 is 0 Å². The van der Waals surface area contributed by atoms with E-state index in [0.717, 1.165) is 23.5 Å². The Balaban J connectivity index is 1.62. The molecule has 0 saturated heterocycles. The van der Waals surface area contributed by atoms with E-state index in [1.807, 2.05) is 0 Å². The third kappa shape index (κ3) is 6.90. The van der Waals surface area contributed by atoms with Gasteiger partial charge in [0.15, 0.2) is 0 Å². The molecule has 0 spiro atoms. The van der Waals surface area contributed by atoms with Crippen LogP contribution in [-0.4, -0.2) is 86.3 Å². The third-order valence-electron chi connectivity index (χ3n) is 6.09. The van der Waals surface area contributed by atoms with Gasteiger partial charge in [-0.15, -0.1) is 10.2 Å². The number of anilines is 2. The zero-order chi connectivity index (χ0) is 33.2. The van der Waals surface area contributed by atoms with Crippen molar-refractivity contribution in [2.24, 2.45) is 14.1 Å². The molecular formula is C23H20F6N10O4S2. The number of aryl methyl sites for hydroxylation is 2. The van der Waals surface area contributed by atoms with Gasteiger partial charge >= 0.3 is 12.4 Å². The van der Waals surface area contributed by atoms with Crippen molar-refractivity contribution in [1.29, 1.82) is 0 Å². The number of tetrazole rings is 2. The zero-order valence-corrected chi connectivity index (χ0v) is 24.4. The SMILES string of the molecule is Cn1nnnc1SCC(=O)Nc1ccc(C(c2ccc(NC(=O)CSc3nnnn3C)c(O)c2)(C(F)(F)F)C(F)(F)F)cc1O. The lowest BCUT2D eigenvalue weighted by Crippen LogP contribution is -2.54. The number of phenolic OH excluding ortho intramolecular Hbond substituents is 2. The Morgan fingerprint density at radius 3 is 1.40 bits per heavy atom. The molecule has 0 fully saturated rings. The first kappa shape index (κ1) is 33.3. The van der Waals surface area contributed by atoms with Gasteiger partial charge in [0, 0.05) is 14.1 Å². The number of phenols is 2. The Morgan fingerprint density at radius 1 is 0.733 bits per heavy atom. The van der Waals surface area contributed by atoms with Crippen LogP contribution in [-0.2, 0) is 29.1 Å². The van der Waals surface area contributed by atoms with Crippen molar-refractivity contribution in [2.45, 2.75) is 28.1 Å². The number of carbonyl (C=O) groups is 2. The summed E-state index contributed by atoms with van der Waals surface area (Å²) >= 11 is 1.77. The van der Waals surface area contributed by atoms with Crippen LogP contribution in [0.15, 0.2) is 46.7 Å². The number of hydrogen-bond acceptors (Lipinski definition) is 12. The van der Waals surface area contributed by atoms with E-state index in [1.165, 1.54) is 23.5 Å². The lowest BCUT2D eigenvalue weighted by molar-refractivity contribution is -0.288. The molecule has 4 rings (SSSR count). The molecule has 0 unspecified atom stereocenters. The second kappa shape index (κ2) is 12.8. The number of amides is 2. The molecule has 45 heavy (non-hydrogen) atoms. The van der Waals surface area contributed by atoms with Gasteiger partial charge in [-0.2, -0.15) is 26.3 Å². The summed E-state index contributed by atoms with van der Waals surface area (Å²) in [5.41, 5.74) is -8.59. The number of aromatic hydroxyl groups is 2. The number of aromatic nitrogens is 8. The highest BCUT2D eigenvalue weighted by Gasteiger charge is 2.72. The Labute approximate surface area is 256 Å². The highest BCUT2D eigenvalue weighted by atomic mass is 32.2. The molecule has 0 aliphatic rings. The van der Waals surface area contributed by atoms with Crippen molar-refractivity contribution >= 4 is 46.7 Å². The fourth-order valence-corrected chi connectivity index (χ4v) is 5.34. The summed E-state index contributed by atoms with van der Waals surface area (Å²) in [4.78, 5) is 24.6. The standard InChI is InChI=1S/C23H20F6N10O4S2/c1-38-19(32-34-36-38)44-9-17(42)30-13-5-3-11(7-15(13)40)21(22(24,25)26,23(27,28)29)12-4-6-14(16(41)8-12)31-18(43)10-45-20-33-35-37-39(20)2/h3-8,40-41H,9-10H2,1-2H3,(H,30,42)(H,31,43). The van der Waals surface area contributed by atoms with Crippen LogP contribution in [0, 0.1) is 0 Å². The van der Waals surface area contributed by atoms with Crippen LogP contribution in [0.1, 0.15) is 11.1 Å². The first-order valence-corrected chi connectivity index (χ1v) is 14.1. The summed E-state index contributed by atoms with van der Waals surface area (Å²) in [7, 11) is 3.00. The topological polar surface area (TPSA) is 186 Å². The van der Waals surface area contributed by atoms with Gasteiger partial charge in [0.2, 0.25) is 27.5 Å². The first-order valence-electron chi connectivity index (χ1n) is 12.1. The van der Waals surface area contributed by atoms with E-state index in [4.69, 9.17) is 0 Å². The normalized spacial score (nSPS) is 12.3. The average molecular weight is 679 g/mol. The molecule has 0 atom stereocenters. The van der Waals surface area contributed by atoms with E-state index in [9.17, 15) is 46.1 Å². The van der Waals surface area contributed by atoms with Crippen molar-refractivity contribution in [2.75, 3.05) is 22.1 Å². The monoisotopic (exact) mass is 678 g/mol. The van der Waals surface area contributed by atoms with Crippen LogP contribution in [0.5, 0.6) is 11.5 Å².